The Labute approximate surface area is 168 Å². The van der Waals surface area contributed by atoms with Gasteiger partial charge in [-0.3, -0.25) is 18.7 Å². The molecular formula is C20H27N5O4. The topological polar surface area (TPSA) is 106 Å². The van der Waals surface area contributed by atoms with E-state index >= 15 is 0 Å². The highest BCUT2D eigenvalue weighted by molar-refractivity contribution is 5.92. The van der Waals surface area contributed by atoms with Crippen LogP contribution in [0.2, 0.25) is 0 Å². The fourth-order valence-corrected chi connectivity index (χ4v) is 3.38. The van der Waals surface area contributed by atoms with Crippen molar-refractivity contribution in [3.63, 3.8) is 0 Å². The Morgan fingerprint density at radius 3 is 2.34 bits per heavy atom. The first-order valence-corrected chi connectivity index (χ1v) is 10.1. The van der Waals surface area contributed by atoms with Gasteiger partial charge in [0.05, 0.1) is 0 Å². The lowest BCUT2D eigenvalue weighted by Crippen LogP contribution is -2.40. The minimum Gasteiger partial charge on any atom is -0.448 e. The van der Waals surface area contributed by atoms with E-state index in [1.165, 1.54) is 9.13 Å². The van der Waals surface area contributed by atoms with Crippen LogP contribution in [0.15, 0.2) is 26.1 Å². The number of aromatic amines is 1. The largest absolute Gasteiger partial charge is 0.448 e. The molecule has 0 aliphatic heterocycles. The summed E-state index contributed by atoms with van der Waals surface area (Å²) in [5.41, 5.74) is -0.197. The van der Waals surface area contributed by atoms with Crippen LogP contribution >= 0.6 is 0 Å². The van der Waals surface area contributed by atoms with Crippen LogP contribution in [0.1, 0.15) is 51.1 Å². The number of hydrogen-bond donors (Lipinski definition) is 1. The second-order valence-electron chi connectivity index (χ2n) is 6.82. The quantitative estimate of drug-likeness (QED) is 0.624. The molecule has 29 heavy (non-hydrogen) atoms. The summed E-state index contributed by atoms with van der Waals surface area (Å²) in [6, 6.07) is 3.24. The molecule has 0 radical (unpaired) electrons. The summed E-state index contributed by atoms with van der Waals surface area (Å²) in [6.07, 6.45) is 1.40. The summed E-state index contributed by atoms with van der Waals surface area (Å²) in [6.45, 7) is 9.63. The maximum atomic E-state index is 12.8. The Bertz CT molecular complexity index is 1130. The maximum absolute atomic E-state index is 12.8. The zero-order valence-electron chi connectivity index (χ0n) is 17.3. The second kappa shape index (κ2) is 8.50. The molecule has 3 rings (SSSR count). The van der Waals surface area contributed by atoms with Crippen molar-refractivity contribution in [2.75, 3.05) is 13.1 Å². The summed E-state index contributed by atoms with van der Waals surface area (Å²) in [5.74, 6) is 0.659. The molecule has 0 saturated carbocycles. The minimum absolute atomic E-state index is 0.203. The molecule has 0 atom stereocenters. The zero-order chi connectivity index (χ0) is 21.1. The van der Waals surface area contributed by atoms with Crippen molar-refractivity contribution in [1.82, 2.24) is 24.0 Å². The Morgan fingerprint density at radius 1 is 1.07 bits per heavy atom. The molecule has 0 unspecified atom stereocenters. The number of H-pyrrole nitrogens is 1. The van der Waals surface area contributed by atoms with Crippen LogP contribution in [-0.4, -0.2) is 43.0 Å². The summed E-state index contributed by atoms with van der Waals surface area (Å²) >= 11 is 0. The van der Waals surface area contributed by atoms with Crippen molar-refractivity contribution in [3.05, 3.63) is 38.7 Å². The highest BCUT2D eigenvalue weighted by Gasteiger charge is 2.21. The van der Waals surface area contributed by atoms with Gasteiger partial charge in [-0.25, -0.2) is 9.78 Å². The van der Waals surface area contributed by atoms with Crippen LogP contribution in [-0.2, 0) is 13.1 Å². The summed E-state index contributed by atoms with van der Waals surface area (Å²) in [7, 11) is 0. The molecule has 9 nitrogen and oxygen atoms in total. The van der Waals surface area contributed by atoms with E-state index in [1.807, 2.05) is 27.7 Å². The molecule has 0 aliphatic carbocycles. The fraction of sp³-hybridized carbons (Fsp3) is 0.500. The molecule has 0 aliphatic rings. The lowest BCUT2D eigenvalue weighted by atomic mass is 10.3. The third-order valence-electron chi connectivity index (χ3n) is 4.86. The van der Waals surface area contributed by atoms with Gasteiger partial charge in [0, 0.05) is 26.2 Å². The smallest absolute Gasteiger partial charge is 0.332 e. The Morgan fingerprint density at radius 2 is 1.72 bits per heavy atom. The van der Waals surface area contributed by atoms with Gasteiger partial charge >= 0.3 is 5.69 Å². The van der Waals surface area contributed by atoms with Crippen LogP contribution in [0.4, 0.5) is 0 Å². The summed E-state index contributed by atoms with van der Waals surface area (Å²) < 4.78 is 8.46. The third-order valence-corrected chi connectivity index (χ3v) is 4.86. The highest BCUT2D eigenvalue weighted by Crippen LogP contribution is 2.22. The zero-order valence-corrected chi connectivity index (χ0v) is 17.3. The molecule has 9 heteroatoms. The fourth-order valence-electron chi connectivity index (χ4n) is 3.38. The number of furan rings is 1. The first kappa shape index (κ1) is 20.6. The molecule has 0 bridgehead atoms. The Hall–Kier alpha value is -3.10. The predicted octanol–water partition coefficient (Wildman–Crippen LogP) is 2.45. The number of carbonyl (C=O) groups is 1. The molecule has 156 valence electrons. The third kappa shape index (κ3) is 3.64. The number of aryl methyl sites for hydroxylation is 1. The Kier molecular flexibility index (Phi) is 6.05. The van der Waals surface area contributed by atoms with E-state index in [4.69, 9.17) is 4.42 Å². The number of nitrogens with zero attached hydrogens (tertiary/aromatic N) is 4. The number of carbonyl (C=O) groups excluding carboxylic acids is 1. The van der Waals surface area contributed by atoms with Crippen molar-refractivity contribution in [3.8, 4) is 11.6 Å². The molecule has 3 aromatic rings. The van der Waals surface area contributed by atoms with Crippen molar-refractivity contribution in [1.29, 1.82) is 0 Å². The van der Waals surface area contributed by atoms with E-state index in [0.29, 0.717) is 49.8 Å². The number of amides is 1. The van der Waals surface area contributed by atoms with Crippen LogP contribution in [0.5, 0.6) is 0 Å². The number of hydrogen-bond acceptors (Lipinski definition) is 5. The standard InChI is InChI=1S/C20H27N5O4/c1-5-11-24-17-15(19(27)25(12-6-2)20(24)28)21-16(22-17)13-9-10-14(29-13)18(26)23(7-3)8-4/h9-10H,5-8,11-12H2,1-4H3,(H,21,22). The molecule has 0 fully saturated rings. The molecule has 3 aromatic heterocycles. The monoisotopic (exact) mass is 401 g/mol. The maximum Gasteiger partial charge on any atom is 0.332 e. The first-order valence-electron chi connectivity index (χ1n) is 10.1. The summed E-state index contributed by atoms with van der Waals surface area (Å²) in [5, 5.41) is 0. The molecular weight excluding hydrogens is 374 g/mol. The molecule has 1 amide bonds. The molecule has 0 saturated heterocycles. The highest BCUT2D eigenvalue weighted by atomic mass is 16.4. The number of imidazole rings is 1. The van der Waals surface area contributed by atoms with Crippen molar-refractivity contribution in [2.45, 2.75) is 53.6 Å². The number of aromatic nitrogens is 4. The lowest BCUT2D eigenvalue weighted by molar-refractivity contribution is 0.0742. The van der Waals surface area contributed by atoms with Gasteiger partial charge in [-0.15, -0.1) is 0 Å². The van der Waals surface area contributed by atoms with Gasteiger partial charge in [0.1, 0.15) is 0 Å². The molecule has 0 aromatic carbocycles. The predicted molar refractivity (Wildman–Crippen MR) is 110 cm³/mol. The molecule has 1 N–H and O–H groups in total. The van der Waals surface area contributed by atoms with Gasteiger partial charge in [0.15, 0.2) is 28.5 Å². The van der Waals surface area contributed by atoms with Gasteiger partial charge in [0.25, 0.3) is 11.5 Å². The Balaban J connectivity index is 2.12. The average Bonchev–Trinajstić information content (AvgIpc) is 3.37. The number of nitrogens with one attached hydrogen (secondary N) is 1. The van der Waals surface area contributed by atoms with E-state index in [0.717, 1.165) is 6.42 Å². The van der Waals surface area contributed by atoms with Gasteiger partial charge in [0.2, 0.25) is 0 Å². The second-order valence-corrected chi connectivity index (χ2v) is 6.82. The minimum atomic E-state index is -0.399. The molecule has 3 heterocycles. The van der Waals surface area contributed by atoms with Gasteiger partial charge < -0.3 is 14.3 Å². The van der Waals surface area contributed by atoms with E-state index in [2.05, 4.69) is 9.97 Å². The van der Waals surface area contributed by atoms with Gasteiger partial charge in [-0.2, -0.15) is 0 Å². The van der Waals surface area contributed by atoms with Crippen molar-refractivity contribution in [2.24, 2.45) is 0 Å². The average molecular weight is 401 g/mol. The molecule has 0 spiro atoms. The SMILES string of the molecule is CCCn1c(=O)c2[nH]c(-c3ccc(C(=O)N(CC)CC)o3)nc2n(CCC)c1=O. The normalized spacial score (nSPS) is 11.3. The van der Waals surface area contributed by atoms with Gasteiger partial charge in [-0.1, -0.05) is 13.8 Å². The van der Waals surface area contributed by atoms with Gasteiger partial charge in [-0.05, 0) is 38.8 Å². The number of rotatable bonds is 8. The first-order chi connectivity index (χ1) is 14.0. The van der Waals surface area contributed by atoms with Crippen molar-refractivity contribution >= 4 is 17.1 Å². The van der Waals surface area contributed by atoms with E-state index in [1.54, 1.807) is 17.0 Å². The number of fused-ring (bicyclic) bond motifs is 1. The van der Waals surface area contributed by atoms with Crippen LogP contribution in [0.25, 0.3) is 22.7 Å². The van der Waals surface area contributed by atoms with Crippen LogP contribution in [0, 0.1) is 0 Å². The van der Waals surface area contributed by atoms with Crippen molar-refractivity contribution < 1.29 is 9.21 Å². The van der Waals surface area contributed by atoms with E-state index < -0.39 is 5.56 Å². The van der Waals surface area contributed by atoms with E-state index in [-0.39, 0.29) is 22.9 Å². The van der Waals surface area contributed by atoms with E-state index in [9.17, 15) is 14.4 Å². The summed E-state index contributed by atoms with van der Waals surface area (Å²) in [4.78, 5) is 47.2. The van der Waals surface area contributed by atoms with Crippen LogP contribution in [0.3, 0.4) is 0 Å². The lowest BCUT2D eigenvalue weighted by Gasteiger charge is -2.16. The van der Waals surface area contributed by atoms with Crippen LogP contribution < -0.4 is 11.2 Å².